The SMILES string of the molecule is Cc1cc(C)cc(C(=O)CCN(C)C2CC2)c1. The quantitative estimate of drug-likeness (QED) is 0.726. The number of aryl methyl sites for hydroxylation is 2. The van der Waals surface area contributed by atoms with Crippen molar-refractivity contribution in [3.8, 4) is 0 Å². The fourth-order valence-electron chi connectivity index (χ4n) is 2.26. The minimum Gasteiger partial charge on any atom is -0.303 e. The van der Waals surface area contributed by atoms with Crippen molar-refractivity contribution < 1.29 is 4.79 Å². The van der Waals surface area contributed by atoms with Crippen LogP contribution in [0.1, 0.15) is 40.7 Å². The van der Waals surface area contributed by atoms with Crippen molar-refractivity contribution in [1.82, 2.24) is 4.90 Å². The average molecular weight is 231 g/mol. The van der Waals surface area contributed by atoms with Crippen LogP contribution in [0.4, 0.5) is 0 Å². The largest absolute Gasteiger partial charge is 0.303 e. The molecule has 2 heteroatoms. The zero-order valence-corrected chi connectivity index (χ0v) is 11.0. The topological polar surface area (TPSA) is 20.3 Å². The Hall–Kier alpha value is -1.15. The third-order valence-electron chi connectivity index (χ3n) is 3.41. The molecule has 0 saturated heterocycles. The maximum absolute atomic E-state index is 12.1. The number of Topliss-reactive ketones (excluding diaryl/α,β-unsaturated/α-hetero) is 1. The highest BCUT2D eigenvalue weighted by molar-refractivity contribution is 5.96. The zero-order valence-electron chi connectivity index (χ0n) is 11.0. The van der Waals surface area contributed by atoms with Gasteiger partial charge in [-0.3, -0.25) is 4.79 Å². The number of carbonyl (C=O) groups excluding carboxylic acids is 1. The predicted octanol–water partition coefficient (Wildman–Crippen LogP) is 2.97. The minimum absolute atomic E-state index is 0.268. The number of rotatable bonds is 5. The van der Waals surface area contributed by atoms with Gasteiger partial charge in [-0.05, 0) is 45.9 Å². The van der Waals surface area contributed by atoms with Crippen LogP contribution in [-0.2, 0) is 0 Å². The molecule has 0 aromatic heterocycles. The number of benzene rings is 1. The second kappa shape index (κ2) is 5.01. The van der Waals surface area contributed by atoms with Crippen LogP contribution in [-0.4, -0.2) is 30.3 Å². The van der Waals surface area contributed by atoms with Gasteiger partial charge in [0.2, 0.25) is 0 Å². The van der Waals surface area contributed by atoms with Crippen LogP contribution < -0.4 is 0 Å². The summed E-state index contributed by atoms with van der Waals surface area (Å²) in [7, 11) is 2.12. The van der Waals surface area contributed by atoms with Gasteiger partial charge in [-0.2, -0.15) is 0 Å². The Balaban J connectivity index is 1.94. The maximum atomic E-state index is 12.1. The Morgan fingerprint density at radius 1 is 1.24 bits per heavy atom. The van der Waals surface area contributed by atoms with E-state index in [1.54, 1.807) is 0 Å². The van der Waals surface area contributed by atoms with E-state index in [1.165, 1.54) is 24.0 Å². The highest BCUT2D eigenvalue weighted by Gasteiger charge is 2.26. The summed E-state index contributed by atoms with van der Waals surface area (Å²) in [6.07, 6.45) is 3.23. The smallest absolute Gasteiger partial charge is 0.164 e. The fraction of sp³-hybridized carbons (Fsp3) is 0.533. The Morgan fingerprint density at radius 2 is 1.82 bits per heavy atom. The van der Waals surface area contributed by atoms with Gasteiger partial charge in [0, 0.05) is 24.6 Å². The minimum atomic E-state index is 0.268. The molecular weight excluding hydrogens is 210 g/mol. The summed E-state index contributed by atoms with van der Waals surface area (Å²) in [6, 6.07) is 6.83. The maximum Gasteiger partial charge on any atom is 0.164 e. The Morgan fingerprint density at radius 3 is 2.35 bits per heavy atom. The molecule has 1 aromatic rings. The van der Waals surface area contributed by atoms with Gasteiger partial charge in [0.25, 0.3) is 0 Å². The van der Waals surface area contributed by atoms with Crippen molar-refractivity contribution >= 4 is 5.78 Å². The Kier molecular flexibility index (Phi) is 3.63. The zero-order chi connectivity index (χ0) is 12.4. The predicted molar refractivity (Wildman–Crippen MR) is 70.5 cm³/mol. The number of ketones is 1. The van der Waals surface area contributed by atoms with Crippen molar-refractivity contribution in [2.75, 3.05) is 13.6 Å². The van der Waals surface area contributed by atoms with Gasteiger partial charge in [0.15, 0.2) is 5.78 Å². The highest BCUT2D eigenvalue weighted by Crippen LogP contribution is 2.25. The second-order valence-corrected chi connectivity index (χ2v) is 5.26. The highest BCUT2D eigenvalue weighted by atomic mass is 16.1. The molecule has 0 aliphatic heterocycles. The van der Waals surface area contributed by atoms with Gasteiger partial charge in [-0.1, -0.05) is 17.2 Å². The van der Waals surface area contributed by atoms with Crippen molar-refractivity contribution in [2.24, 2.45) is 0 Å². The van der Waals surface area contributed by atoms with E-state index in [1.807, 2.05) is 26.0 Å². The van der Waals surface area contributed by atoms with Gasteiger partial charge < -0.3 is 4.90 Å². The molecule has 2 nitrogen and oxygen atoms in total. The molecular formula is C15H21NO. The van der Waals surface area contributed by atoms with Gasteiger partial charge in [0.05, 0.1) is 0 Å². The average Bonchev–Trinajstić information content (AvgIpc) is 3.07. The fourth-order valence-corrected chi connectivity index (χ4v) is 2.26. The van der Waals surface area contributed by atoms with Crippen LogP contribution in [0.3, 0.4) is 0 Å². The molecule has 0 N–H and O–H groups in total. The summed E-state index contributed by atoms with van der Waals surface area (Å²) >= 11 is 0. The molecule has 0 unspecified atom stereocenters. The normalized spacial score (nSPS) is 15.3. The van der Waals surface area contributed by atoms with E-state index < -0.39 is 0 Å². The third kappa shape index (κ3) is 3.40. The lowest BCUT2D eigenvalue weighted by Crippen LogP contribution is -2.23. The van der Waals surface area contributed by atoms with Crippen molar-refractivity contribution in [3.63, 3.8) is 0 Å². The lowest BCUT2D eigenvalue weighted by atomic mass is 10.0. The second-order valence-electron chi connectivity index (χ2n) is 5.26. The molecule has 1 saturated carbocycles. The first-order valence-corrected chi connectivity index (χ1v) is 6.38. The number of hydrogen-bond acceptors (Lipinski definition) is 2. The number of nitrogens with zero attached hydrogens (tertiary/aromatic N) is 1. The summed E-state index contributed by atoms with van der Waals surface area (Å²) in [4.78, 5) is 14.4. The third-order valence-corrected chi connectivity index (χ3v) is 3.41. The number of hydrogen-bond donors (Lipinski definition) is 0. The standard InChI is InChI=1S/C15H21NO/c1-11-8-12(2)10-13(9-11)15(17)6-7-16(3)14-4-5-14/h8-10,14H,4-7H2,1-3H3. The van der Waals surface area contributed by atoms with Crippen LogP contribution in [0.5, 0.6) is 0 Å². The molecule has 17 heavy (non-hydrogen) atoms. The first kappa shape index (κ1) is 12.3. The van der Waals surface area contributed by atoms with Gasteiger partial charge >= 0.3 is 0 Å². The van der Waals surface area contributed by atoms with Crippen molar-refractivity contribution in [3.05, 3.63) is 34.9 Å². The van der Waals surface area contributed by atoms with Gasteiger partial charge in [0.1, 0.15) is 0 Å². The molecule has 0 bridgehead atoms. The molecule has 0 spiro atoms. The molecule has 1 fully saturated rings. The monoisotopic (exact) mass is 231 g/mol. The van der Waals surface area contributed by atoms with E-state index in [9.17, 15) is 4.79 Å². The molecule has 1 aliphatic rings. The van der Waals surface area contributed by atoms with E-state index in [4.69, 9.17) is 0 Å². The molecule has 0 radical (unpaired) electrons. The first-order chi connectivity index (χ1) is 8.06. The van der Waals surface area contributed by atoms with Crippen LogP contribution in [0, 0.1) is 13.8 Å². The summed E-state index contributed by atoms with van der Waals surface area (Å²) in [5.41, 5.74) is 3.21. The van der Waals surface area contributed by atoms with Crippen molar-refractivity contribution in [1.29, 1.82) is 0 Å². The summed E-state index contributed by atoms with van der Waals surface area (Å²) in [5, 5.41) is 0. The molecule has 0 amide bonds. The number of carbonyl (C=O) groups is 1. The Bertz CT molecular complexity index is 401. The molecule has 0 atom stereocenters. The van der Waals surface area contributed by atoms with E-state index >= 15 is 0 Å². The molecule has 2 rings (SSSR count). The van der Waals surface area contributed by atoms with E-state index in [2.05, 4.69) is 18.0 Å². The first-order valence-electron chi connectivity index (χ1n) is 6.38. The summed E-state index contributed by atoms with van der Waals surface area (Å²) < 4.78 is 0. The van der Waals surface area contributed by atoms with Gasteiger partial charge in [-0.25, -0.2) is 0 Å². The van der Waals surface area contributed by atoms with E-state index in [0.29, 0.717) is 6.42 Å². The molecule has 1 aromatic carbocycles. The summed E-state index contributed by atoms with van der Waals surface area (Å²) in [5.74, 6) is 0.268. The lowest BCUT2D eigenvalue weighted by Gasteiger charge is -2.14. The van der Waals surface area contributed by atoms with Crippen molar-refractivity contribution in [2.45, 2.75) is 39.2 Å². The van der Waals surface area contributed by atoms with Crippen LogP contribution in [0.15, 0.2) is 18.2 Å². The lowest BCUT2D eigenvalue weighted by molar-refractivity contribution is 0.0968. The molecule has 1 aliphatic carbocycles. The van der Waals surface area contributed by atoms with Crippen LogP contribution in [0.25, 0.3) is 0 Å². The van der Waals surface area contributed by atoms with Crippen LogP contribution >= 0.6 is 0 Å². The van der Waals surface area contributed by atoms with E-state index in [-0.39, 0.29) is 5.78 Å². The van der Waals surface area contributed by atoms with E-state index in [0.717, 1.165) is 18.2 Å². The molecule has 92 valence electrons. The van der Waals surface area contributed by atoms with Crippen LogP contribution in [0.2, 0.25) is 0 Å². The summed E-state index contributed by atoms with van der Waals surface area (Å²) in [6.45, 7) is 4.97. The molecule has 0 heterocycles. The Labute approximate surface area is 104 Å². The van der Waals surface area contributed by atoms with Gasteiger partial charge in [-0.15, -0.1) is 0 Å².